The summed E-state index contributed by atoms with van der Waals surface area (Å²) in [4.78, 5) is 17.6. The monoisotopic (exact) mass is 248 g/mol. The number of hydrogen-bond donors (Lipinski definition) is 2. The maximum absolute atomic E-state index is 11.9. The number of nitrogens with two attached hydrogens (primary N) is 1. The van der Waals surface area contributed by atoms with Crippen LogP contribution in [0, 0.1) is 0 Å². The SMILES string of the molecule is NC(C=NO)C(=O)N1CCC(c2ccncc2)C1. The fourth-order valence-electron chi connectivity index (χ4n) is 2.21. The van der Waals surface area contributed by atoms with Gasteiger partial charge in [-0.1, -0.05) is 5.16 Å². The Morgan fingerprint density at radius 2 is 2.33 bits per heavy atom. The predicted molar refractivity (Wildman–Crippen MR) is 66.4 cm³/mol. The first-order valence-corrected chi connectivity index (χ1v) is 5.84. The Hall–Kier alpha value is -1.95. The first kappa shape index (κ1) is 12.5. The maximum Gasteiger partial charge on any atom is 0.245 e. The number of pyridine rings is 1. The van der Waals surface area contributed by atoms with Gasteiger partial charge in [0.1, 0.15) is 6.04 Å². The molecule has 0 aromatic carbocycles. The van der Waals surface area contributed by atoms with Crippen molar-refractivity contribution >= 4 is 12.1 Å². The van der Waals surface area contributed by atoms with E-state index in [-0.39, 0.29) is 5.91 Å². The third kappa shape index (κ3) is 2.65. The zero-order chi connectivity index (χ0) is 13.0. The zero-order valence-electron chi connectivity index (χ0n) is 9.94. The number of likely N-dealkylation sites (tertiary alicyclic amines) is 1. The van der Waals surface area contributed by atoms with Gasteiger partial charge in [-0.15, -0.1) is 0 Å². The molecule has 1 aliphatic heterocycles. The first-order chi connectivity index (χ1) is 8.72. The highest BCUT2D eigenvalue weighted by molar-refractivity contribution is 5.97. The molecule has 0 radical (unpaired) electrons. The smallest absolute Gasteiger partial charge is 0.245 e. The molecule has 1 aliphatic rings. The molecule has 6 heteroatoms. The molecule has 0 saturated carbocycles. The van der Waals surface area contributed by atoms with Crippen molar-refractivity contribution in [1.82, 2.24) is 9.88 Å². The van der Waals surface area contributed by atoms with Crippen LogP contribution in [0.1, 0.15) is 17.9 Å². The lowest BCUT2D eigenvalue weighted by atomic mass is 10.00. The van der Waals surface area contributed by atoms with E-state index in [2.05, 4.69) is 10.1 Å². The van der Waals surface area contributed by atoms with Crippen LogP contribution in [0.15, 0.2) is 29.7 Å². The van der Waals surface area contributed by atoms with Crippen molar-refractivity contribution in [2.24, 2.45) is 10.9 Å². The summed E-state index contributed by atoms with van der Waals surface area (Å²) in [7, 11) is 0. The highest BCUT2D eigenvalue weighted by Crippen LogP contribution is 2.26. The number of nitrogens with zero attached hydrogens (tertiary/aromatic N) is 3. The van der Waals surface area contributed by atoms with Crippen LogP contribution >= 0.6 is 0 Å². The molecule has 0 spiro atoms. The molecule has 1 fully saturated rings. The van der Waals surface area contributed by atoms with E-state index in [9.17, 15) is 4.79 Å². The number of aromatic nitrogens is 1. The van der Waals surface area contributed by atoms with E-state index in [0.717, 1.165) is 12.6 Å². The minimum Gasteiger partial charge on any atom is -0.411 e. The number of carbonyl (C=O) groups excluding carboxylic acids is 1. The predicted octanol–water partition coefficient (Wildman–Crippen LogP) is 0.185. The van der Waals surface area contributed by atoms with E-state index >= 15 is 0 Å². The fourth-order valence-corrected chi connectivity index (χ4v) is 2.21. The molecule has 1 aromatic rings. The Labute approximate surface area is 105 Å². The molecule has 3 N–H and O–H groups in total. The highest BCUT2D eigenvalue weighted by atomic mass is 16.4. The molecule has 1 aromatic heterocycles. The first-order valence-electron chi connectivity index (χ1n) is 5.84. The molecule has 1 saturated heterocycles. The van der Waals surface area contributed by atoms with Crippen molar-refractivity contribution < 1.29 is 10.0 Å². The van der Waals surface area contributed by atoms with E-state index < -0.39 is 6.04 Å². The van der Waals surface area contributed by atoms with Crippen LogP contribution in [-0.4, -0.2) is 46.3 Å². The normalized spacial score (nSPS) is 21.4. The van der Waals surface area contributed by atoms with E-state index in [1.807, 2.05) is 12.1 Å². The fraction of sp³-hybridized carbons (Fsp3) is 0.417. The van der Waals surface area contributed by atoms with E-state index in [0.29, 0.717) is 19.0 Å². The summed E-state index contributed by atoms with van der Waals surface area (Å²) >= 11 is 0. The number of oxime groups is 1. The average Bonchev–Trinajstić information content (AvgIpc) is 2.89. The van der Waals surface area contributed by atoms with E-state index in [1.54, 1.807) is 17.3 Å². The van der Waals surface area contributed by atoms with Gasteiger partial charge in [-0.3, -0.25) is 9.78 Å². The van der Waals surface area contributed by atoms with Gasteiger partial charge in [-0.25, -0.2) is 0 Å². The average molecular weight is 248 g/mol. The lowest BCUT2D eigenvalue weighted by Crippen LogP contribution is -2.43. The summed E-state index contributed by atoms with van der Waals surface area (Å²) in [6.07, 6.45) is 5.47. The molecule has 2 heterocycles. The third-order valence-electron chi connectivity index (χ3n) is 3.19. The molecule has 6 nitrogen and oxygen atoms in total. The molecule has 2 atom stereocenters. The maximum atomic E-state index is 11.9. The van der Waals surface area contributed by atoms with Crippen molar-refractivity contribution in [3.8, 4) is 0 Å². The van der Waals surface area contributed by atoms with Crippen LogP contribution < -0.4 is 5.73 Å². The minimum atomic E-state index is -0.869. The zero-order valence-corrected chi connectivity index (χ0v) is 9.94. The summed E-state index contributed by atoms with van der Waals surface area (Å²) in [5.41, 5.74) is 6.77. The van der Waals surface area contributed by atoms with Crippen LogP contribution in [0.4, 0.5) is 0 Å². The van der Waals surface area contributed by atoms with E-state index in [1.165, 1.54) is 5.56 Å². The van der Waals surface area contributed by atoms with Crippen LogP contribution in [0.3, 0.4) is 0 Å². The number of amides is 1. The molecule has 96 valence electrons. The second-order valence-corrected chi connectivity index (χ2v) is 4.34. The summed E-state index contributed by atoms with van der Waals surface area (Å²) in [5.74, 6) is 0.125. The topological polar surface area (TPSA) is 91.8 Å². The van der Waals surface area contributed by atoms with E-state index in [4.69, 9.17) is 10.9 Å². The van der Waals surface area contributed by atoms with Gasteiger partial charge in [0.15, 0.2) is 0 Å². The molecule has 2 rings (SSSR count). The Morgan fingerprint density at radius 3 is 3.00 bits per heavy atom. The second-order valence-electron chi connectivity index (χ2n) is 4.34. The number of hydrogen-bond acceptors (Lipinski definition) is 5. The van der Waals surface area contributed by atoms with Gasteiger partial charge in [0.2, 0.25) is 5.91 Å². The lowest BCUT2D eigenvalue weighted by Gasteiger charge is -2.18. The molecule has 0 aliphatic carbocycles. The van der Waals surface area contributed by atoms with Gasteiger partial charge in [0.05, 0.1) is 6.21 Å². The summed E-state index contributed by atoms with van der Waals surface area (Å²) < 4.78 is 0. The van der Waals surface area contributed by atoms with Gasteiger partial charge < -0.3 is 15.8 Å². The highest BCUT2D eigenvalue weighted by Gasteiger charge is 2.29. The van der Waals surface area contributed by atoms with Crippen LogP contribution in [0.2, 0.25) is 0 Å². The largest absolute Gasteiger partial charge is 0.411 e. The summed E-state index contributed by atoms with van der Waals surface area (Å²) in [6.45, 7) is 1.33. The van der Waals surface area contributed by atoms with Crippen molar-refractivity contribution in [3.63, 3.8) is 0 Å². The Kier molecular flexibility index (Phi) is 3.88. The molecule has 2 unspecified atom stereocenters. The Bertz CT molecular complexity index is 435. The molecule has 1 amide bonds. The van der Waals surface area contributed by atoms with Crippen molar-refractivity contribution in [2.45, 2.75) is 18.4 Å². The Morgan fingerprint density at radius 1 is 1.61 bits per heavy atom. The second kappa shape index (κ2) is 5.59. The van der Waals surface area contributed by atoms with Crippen molar-refractivity contribution in [2.75, 3.05) is 13.1 Å². The number of carbonyl (C=O) groups is 1. The molecular weight excluding hydrogens is 232 g/mol. The Balaban J connectivity index is 1.98. The van der Waals surface area contributed by atoms with Crippen LogP contribution in [-0.2, 0) is 4.79 Å². The van der Waals surface area contributed by atoms with Gasteiger partial charge in [0, 0.05) is 31.4 Å². The van der Waals surface area contributed by atoms with Gasteiger partial charge >= 0.3 is 0 Å². The third-order valence-corrected chi connectivity index (χ3v) is 3.19. The minimum absolute atomic E-state index is 0.204. The van der Waals surface area contributed by atoms with Crippen LogP contribution in [0.25, 0.3) is 0 Å². The van der Waals surface area contributed by atoms with Gasteiger partial charge in [-0.2, -0.15) is 0 Å². The number of rotatable bonds is 3. The molecule has 18 heavy (non-hydrogen) atoms. The molecular formula is C12H16N4O2. The van der Waals surface area contributed by atoms with Crippen molar-refractivity contribution in [3.05, 3.63) is 30.1 Å². The summed E-state index contributed by atoms with van der Waals surface area (Å²) in [6, 6.07) is 3.06. The molecule has 0 bridgehead atoms. The summed E-state index contributed by atoms with van der Waals surface area (Å²) in [5, 5.41) is 11.2. The standard InChI is InChI=1S/C12H16N4O2/c13-11(7-15-18)12(17)16-6-3-10(8-16)9-1-4-14-5-2-9/h1-2,4-5,7,10-11,18H,3,6,8,13H2. The van der Waals surface area contributed by atoms with Crippen LogP contribution in [0.5, 0.6) is 0 Å². The van der Waals surface area contributed by atoms with Crippen molar-refractivity contribution in [1.29, 1.82) is 0 Å². The lowest BCUT2D eigenvalue weighted by molar-refractivity contribution is -0.129. The van der Waals surface area contributed by atoms with Gasteiger partial charge in [0.25, 0.3) is 0 Å². The quantitative estimate of drug-likeness (QED) is 0.453. The van der Waals surface area contributed by atoms with Gasteiger partial charge in [-0.05, 0) is 24.1 Å².